The highest BCUT2D eigenvalue weighted by Crippen LogP contribution is 2.40. The maximum atomic E-state index is 13.6. The summed E-state index contributed by atoms with van der Waals surface area (Å²) in [5.74, 6) is -1.96. The van der Waals surface area contributed by atoms with Crippen LogP contribution in [0.15, 0.2) is 48.5 Å². The average Bonchev–Trinajstić information content (AvgIpc) is 2.84. The van der Waals surface area contributed by atoms with E-state index in [-0.39, 0.29) is 5.91 Å². The summed E-state index contributed by atoms with van der Waals surface area (Å²) in [6.07, 6.45) is 4.79. The fourth-order valence-electron chi connectivity index (χ4n) is 4.41. The molecule has 1 N–H and O–H groups in total. The Morgan fingerprint density at radius 3 is 1.85 bits per heavy atom. The maximum Gasteiger partial charge on any atom is 0.307 e. The molecule has 1 saturated carbocycles. The molecule has 134 valence electrons. The number of rotatable bonds is 2. The largest absolute Gasteiger partial charge is 0.481 e. The molecule has 0 unspecified atom stereocenters. The molecule has 2 aliphatic rings. The summed E-state index contributed by atoms with van der Waals surface area (Å²) in [7, 11) is 0. The van der Waals surface area contributed by atoms with Crippen molar-refractivity contribution in [1.82, 2.24) is 0 Å². The number of benzene rings is 2. The van der Waals surface area contributed by atoms with E-state index < -0.39 is 17.8 Å². The molecule has 1 aliphatic heterocycles. The van der Waals surface area contributed by atoms with Crippen molar-refractivity contribution in [2.75, 3.05) is 4.90 Å². The number of carboxylic acids is 1. The van der Waals surface area contributed by atoms with Gasteiger partial charge in [-0.25, -0.2) is 0 Å². The molecule has 1 aliphatic carbocycles. The number of hydrogen-bond donors (Lipinski definition) is 1. The van der Waals surface area contributed by atoms with Crippen LogP contribution in [0, 0.1) is 11.8 Å². The van der Waals surface area contributed by atoms with Crippen molar-refractivity contribution in [1.29, 1.82) is 0 Å². The van der Waals surface area contributed by atoms with Crippen LogP contribution in [0.4, 0.5) is 11.4 Å². The minimum Gasteiger partial charge on any atom is -0.481 e. The number of anilines is 2. The summed E-state index contributed by atoms with van der Waals surface area (Å²) in [6, 6.07) is 16.0. The molecule has 4 rings (SSSR count). The van der Waals surface area contributed by atoms with Crippen LogP contribution in [-0.2, 0) is 22.4 Å². The lowest BCUT2D eigenvalue weighted by Gasteiger charge is -2.33. The van der Waals surface area contributed by atoms with Gasteiger partial charge in [0, 0.05) is 0 Å². The fourth-order valence-corrected chi connectivity index (χ4v) is 4.41. The standard InChI is InChI=1S/C22H23NO3/c24-21(17-9-3-4-10-18(17)22(25)26)23-19-11-5-1-7-15(19)13-14-16-8-2-6-12-20(16)23/h1-2,5-8,11-12,17-18H,3-4,9-10,13-14H2,(H,25,26)/t17-,18+/m1/s1. The summed E-state index contributed by atoms with van der Waals surface area (Å²) >= 11 is 0. The Bertz CT molecular complexity index is 797. The third-order valence-corrected chi connectivity index (χ3v) is 5.75. The number of carbonyl (C=O) groups excluding carboxylic acids is 1. The van der Waals surface area contributed by atoms with Crippen LogP contribution in [0.25, 0.3) is 0 Å². The van der Waals surface area contributed by atoms with E-state index in [9.17, 15) is 14.7 Å². The van der Waals surface area contributed by atoms with E-state index in [1.54, 1.807) is 4.90 Å². The Labute approximate surface area is 153 Å². The molecule has 4 nitrogen and oxygen atoms in total. The van der Waals surface area contributed by atoms with Gasteiger partial charge in [0.15, 0.2) is 0 Å². The van der Waals surface area contributed by atoms with Crippen LogP contribution in [-0.4, -0.2) is 17.0 Å². The Morgan fingerprint density at radius 1 is 0.808 bits per heavy atom. The molecule has 0 spiro atoms. The van der Waals surface area contributed by atoms with Crippen LogP contribution >= 0.6 is 0 Å². The van der Waals surface area contributed by atoms with Gasteiger partial charge in [-0.15, -0.1) is 0 Å². The topological polar surface area (TPSA) is 57.6 Å². The van der Waals surface area contributed by atoms with E-state index in [1.165, 1.54) is 0 Å². The zero-order chi connectivity index (χ0) is 18.1. The number of aliphatic carboxylic acids is 1. The normalized spacial score (nSPS) is 22.1. The van der Waals surface area contributed by atoms with Gasteiger partial charge in [0.25, 0.3) is 0 Å². The Balaban J connectivity index is 1.81. The van der Waals surface area contributed by atoms with Crippen LogP contribution in [0.2, 0.25) is 0 Å². The van der Waals surface area contributed by atoms with Crippen LogP contribution in [0.5, 0.6) is 0 Å². The van der Waals surface area contributed by atoms with Gasteiger partial charge < -0.3 is 5.11 Å². The first-order valence-electron chi connectivity index (χ1n) is 9.39. The minimum absolute atomic E-state index is 0.0705. The molecular formula is C22H23NO3. The van der Waals surface area contributed by atoms with Gasteiger partial charge >= 0.3 is 5.97 Å². The van der Waals surface area contributed by atoms with Gasteiger partial charge in [0.1, 0.15) is 0 Å². The molecule has 1 amide bonds. The second-order valence-electron chi connectivity index (χ2n) is 7.27. The van der Waals surface area contributed by atoms with E-state index in [1.807, 2.05) is 36.4 Å². The summed E-state index contributed by atoms with van der Waals surface area (Å²) in [5.41, 5.74) is 4.08. The number of carboxylic acid groups (broad SMARTS) is 1. The summed E-state index contributed by atoms with van der Waals surface area (Å²) in [6.45, 7) is 0. The van der Waals surface area contributed by atoms with Gasteiger partial charge in [-0.05, 0) is 48.9 Å². The van der Waals surface area contributed by atoms with Crippen molar-refractivity contribution >= 4 is 23.3 Å². The molecule has 0 saturated heterocycles. The second-order valence-corrected chi connectivity index (χ2v) is 7.27. The smallest absolute Gasteiger partial charge is 0.307 e. The molecule has 0 bridgehead atoms. The zero-order valence-corrected chi connectivity index (χ0v) is 14.7. The molecule has 2 aromatic carbocycles. The molecule has 2 aromatic rings. The Morgan fingerprint density at radius 2 is 1.31 bits per heavy atom. The third kappa shape index (κ3) is 2.90. The van der Waals surface area contributed by atoms with Crippen molar-refractivity contribution in [3.8, 4) is 0 Å². The Hall–Kier alpha value is -2.62. The van der Waals surface area contributed by atoms with E-state index in [2.05, 4.69) is 12.1 Å². The van der Waals surface area contributed by atoms with Gasteiger partial charge in [0.05, 0.1) is 23.2 Å². The predicted octanol–water partition coefficient (Wildman–Crippen LogP) is 4.34. The van der Waals surface area contributed by atoms with Gasteiger partial charge in [-0.3, -0.25) is 14.5 Å². The first-order chi connectivity index (χ1) is 12.7. The van der Waals surface area contributed by atoms with E-state index >= 15 is 0 Å². The lowest BCUT2D eigenvalue weighted by Crippen LogP contribution is -2.40. The lowest BCUT2D eigenvalue weighted by atomic mass is 9.78. The number of para-hydroxylation sites is 2. The van der Waals surface area contributed by atoms with E-state index in [0.717, 1.165) is 48.2 Å². The number of carbonyl (C=O) groups is 2. The lowest BCUT2D eigenvalue weighted by molar-refractivity contribution is -0.148. The van der Waals surface area contributed by atoms with Crippen molar-refractivity contribution in [2.24, 2.45) is 11.8 Å². The summed E-state index contributed by atoms with van der Waals surface area (Å²) in [4.78, 5) is 27.1. The second kappa shape index (κ2) is 6.94. The van der Waals surface area contributed by atoms with Crippen LogP contribution in [0.1, 0.15) is 36.8 Å². The molecule has 2 atom stereocenters. The van der Waals surface area contributed by atoms with Crippen LogP contribution in [0.3, 0.4) is 0 Å². The molecule has 4 heteroatoms. The van der Waals surface area contributed by atoms with Crippen molar-refractivity contribution < 1.29 is 14.7 Å². The number of hydrogen-bond acceptors (Lipinski definition) is 2. The number of nitrogens with zero attached hydrogens (tertiary/aromatic N) is 1. The van der Waals surface area contributed by atoms with Gasteiger partial charge in [-0.2, -0.15) is 0 Å². The summed E-state index contributed by atoms with van der Waals surface area (Å²) < 4.78 is 0. The average molecular weight is 349 g/mol. The van der Waals surface area contributed by atoms with Crippen molar-refractivity contribution in [3.05, 3.63) is 59.7 Å². The first kappa shape index (κ1) is 16.8. The first-order valence-corrected chi connectivity index (χ1v) is 9.39. The predicted molar refractivity (Wildman–Crippen MR) is 101 cm³/mol. The highest BCUT2D eigenvalue weighted by atomic mass is 16.4. The fraction of sp³-hybridized carbons (Fsp3) is 0.364. The third-order valence-electron chi connectivity index (χ3n) is 5.75. The molecule has 1 heterocycles. The molecular weight excluding hydrogens is 326 g/mol. The van der Waals surface area contributed by atoms with Crippen molar-refractivity contribution in [3.63, 3.8) is 0 Å². The highest BCUT2D eigenvalue weighted by molar-refractivity contribution is 6.04. The maximum absolute atomic E-state index is 13.6. The zero-order valence-electron chi connectivity index (χ0n) is 14.7. The molecule has 1 fully saturated rings. The Kier molecular flexibility index (Phi) is 4.49. The quantitative estimate of drug-likeness (QED) is 0.877. The molecule has 0 radical (unpaired) electrons. The number of fused-ring (bicyclic) bond motifs is 2. The van der Waals surface area contributed by atoms with E-state index in [0.29, 0.717) is 12.8 Å². The van der Waals surface area contributed by atoms with E-state index in [4.69, 9.17) is 0 Å². The summed E-state index contributed by atoms with van der Waals surface area (Å²) in [5, 5.41) is 9.63. The van der Waals surface area contributed by atoms with Gasteiger partial charge in [-0.1, -0.05) is 49.2 Å². The van der Waals surface area contributed by atoms with Crippen molar-refractivity contribution in [2.45, 2.75) is 38.5 Å². The molecule has 26 heavy (non-hydrogen) atoms. The minimum atomic E-state index is -0.848. The molecule has 0 aromatic heterocycles. The SMILES string of the molecule is O=C(O)[C@H]1CCCC[C@H]1C(=O)N1c2ccccc2CCc2ccccc21. The number of amides is 1. The number of aryl methyl sites for hydroxylation is 2. The monoisotopic (exact) mass is 349 g/mol. The highest BCUT2D eigenvalue weighted by Gasteiger charge is 2.39. The van der Waals surface area contributed by atoms with Crippen LogP contribution < -0.4 is 4.90 Å². The van der Waals surface area contributed by atoms with Gasteiger partial charge in [0.2, 0.25) is 5.91 Å².